The van der Waals surface area contributed by atoms with E-state index in [1.165, 1.54) is 4.70 Å². The third kappa shape index (κ3) is 2.98. The molecule has 0 aliphatic carbocycles. The van der Waals surface area contributed by atoms with Crippen LogP contribution in [0, 0.1) is 5.92 Å². The zero-order chi connectivity index (χ0) is 17.4. The number of amides is 1. The number of fused-ring (bicyclic) bond motifs is 1. The highest BCUT2D eigenvalue weighted by Gasteiger charge is 2.31. The first-order chi connectivity index (χ1) is 12.1. The molecular formula is C19H19N3O2S. The predicted molar refractivity (Wildman–Crippen MR) is 98.0 cm³/mol. The van der Waals surface area contributed by atoms with Crippen molar-refractivity contribution >= 4 is 33.1 Å². The highest BCUT2D eigenvalue weighted by molar-refractivity contribution is 7.17. The molecule has 3 aromatic rings. The monoisotopic (exact) mass is 353 g/mol. The molecule has 0 saturated carbocycles. The van der Waals surface area contributed by atoms with Gasteiger partial charge in [0.25, 0.3) is 5.91 Å². The van der Waals surface area contributed by atoms with Crippen LogP contribution in [-0.4, -0.2) is 39.2 Å². The smallest absolute Gasteiger partial charge is 0.253 e. The molecule has 0 bridgehead atoms. The summed E-state index contributed by atoms with van der Waals surface area (Å²) < 4.78 is 2.92. The lowest BCUT2D eigenvalue weighted by molar-refractivity contribution is 0.0633. The van der Waals surface area contributed by atoms with Crippen LogP contribution in [0.5, 0.6) is 0 Å². The Bertz CT molecular complexity index is 943. The van der Waals surface area contributed by atoms with Crippen molar-refractivity contribution in [2.75, 3.05) is 13.1 Å². The zero-order valence-electron chi connectivity index (χ0n) is 14.0. The molecule has 25 heavy (non-hydrogen) atoms. The van der Waals surface area contributed by atoms with E-state index >= 15 is 0 Å². The van der Waals surface area contributed by atoms with E-state index in [1.54, 1.807) is 28.3 Å². The topological polar surface area (TPSA) is 55.2 Å². The Morgan fingerprint density at radius 1 is 1.28 bits per heavy atom. The van der Waals surface area contributed by atoms with E-state index in [0.717, 1.165) is 18.2 Å². The number of carbonyl (C=O) groups is 2. The Labute approximate surface area is 149 Å². The molecule has 2 aromatic heterocycles. The molecule has 0 radical (unpaired) electrons. The van der Waals surface area contributed by atoms with Crippen LogP contribution < -0.4 is 0 Å². The number of carbonyl (C=O) groups excluding carboxylic acids is 2. The van der Waals surface area contributed by atoms with Gasteiger partial charge in [-0.15, -0.1) is 11.3 Å². The SMILES string of the molecule is Cn1ccnc1C(=O)C1CCCN(C(=O)c2ccc3sccc3c2)C1. The number of ketones is 1. The number of Topliss-reactive ketones (excluding diaryl/α,β-unsaturated/α-hetero) is 1. The van der Waals surface area contributed by atoms with Crippen LogP contribution in [0.25, 0.3) is 10.1 Å². The summed E-state index contributed by atoms with van der Waals surface area (Å²) in [5.41, 5.74) is 0.691. The second-order valence-electron chi connectivity index (χ2n) is 6.49. The van der Waals surface area contributed by atoms with Crippen LogP contribution in [0.15, 0.2) is 42.0 Å². The molecule has 0 N–H and O–H groups in total. The molecule has 1 saturated heterocycles. The number of nitrogens with zero attached hydrogens (tertiary/aromatic N) is 3. The minimum atomic E-state index is -0.177. The lowest BCUT2D eigenvalue weighted by Gasteiger charge is -2.32. The summed E-state index contributed by atoms with van der Waals surface area (Å²) in [6.45, 7) is 1.16. The van der Waals surface area contributed by atoms with Crippen molar-refractivity contribution in [3.8, 4) is 0 Å². The van der Waals surface area contributed by atoms with Gasteiger partial charge in [-0.05, 0) is 47.9 Å². The number of thiophene rings is 1. The number of benzene rings is 1. The Morgan fingerprint density at radius 3 is 2.96 bits per heavy atom. The van der Waals surface area contributed by atoms with Gasteiger partial charge in [0.15, 0.2) is 5.82 Å². The third-order valence-electron chi connectivity index (χ3n) is 4.82. The highest BCUT2D eigenvalue weighted by atomic mass is 32.1. The molecule has 1 aliphatic rings. The summed E-state index contributed by atoms with van der Waals surface area (Å²) in [6, 6.07) is 7.85. The normalized spacial score (nSPS) is 17.8. The maximum Gasteiger partial charge on any atom is 0.253 e. The number of aryl methyl sites for hydroxylation is 1. The average molecular weight is 353 g/mol. The van der Waals surface area contributed by atoms with Gasteiger partial charge >= 0.3 is 0 Å². The second-order valence-corrected chi connectivity index (χ2v) is 7.44. The van der Waals surface area contributed by atoms with Crippen molar-refractivity contribution in [1.82, 2.24) is 14.5 Å². The maximum absolute atomic E-state index is 12.9. The van der Waals surface area contributed by atoms with Crippen LogP contribution in [0.3, 0.4) is 0 Å². The van der Waals surface area contributed by atoms with Gasteiger partial charge < -0.3 is 9.47 Å². The standard InChI is InChI=1S/C19H19N3O2S/c1-21-9-7-20-18(21)17(23)15-3-2-8-22(12-15)19(24)14-4-5-16-13(11-14)6-10-25-16/h4-7,9-11,15H,2-3,8,12H2,1H3. The van der Waals surface area contributed by atoms with E-state index in [0.29, 0.717) is 24.5 Å². The van der Waals surface area contributed by atoms with Gasteiger partial charge in [0.05, 0.1) is 0 Å². The van der Waals surface area contributed by atoms with Crippen molar-refractivity contribution < 1.29 is 9.59 Å². The first-order valence-corrected chi connectivity index (χ1v) is 9.29. The van der Waals surface area contributed by atoms with Crippen LogP contribution in [0.4, 0.5) is 0 Å². The number of piperidine rings is 1. The van der Waals surface area contributed by atoms with Gasteiger partial charge in [0.2, 0.25) is 5.78 Å². The van der Waals surface area contributed by atoms with Gasteiger partial charge in [-0.2, -0.15) is 0 Å². The molecule has 3 heterocycles. The van der Waals surface area contributed by atoms with Gasteiger partial charge in [0.1, 0.15) is 0 Å². The number of imidazole rings is 1. The lowest BCUT2D eigenvalue weighted by Crippen LogP contribution is -2.42. The molecule has 5 nitrogen and oxygen atoms in total. The predicted octanol–water partition coefficient (Wildman–Crippen LogP) is 3.37. The van der Waals surface area contributed by atoms with E-state index < -0.39 is 0 Å². The molecule has 1 amide bonds. The molecule has 128 valence electrons. The minimum Gasteiger partial charge on any atom is -0.338 e. The minimum absolute atomic E-state index is 0.00504. The number of aromatic nitrogens is 2. The third-order valence-corrected chi connectivity index (χ3v) is 5.72. The van der Waals surface area contributed by atoms with Crippen molar-refractivity contribution in [3.63, 3.8) is 0 Å². The van der Waals surface area contributed by atoms with Gasteiger partial charge in [-0.3, -0.25) is 9.59 Å². The van der Waals surface area contributed by atoms with Crippen molar-refractivity contribution in [3.05, 3.63) is 53.4 Å². The first-order valence-electron chi connectivity index (χ1n) is 8.41. The highest BCUT2D eigenvalue weighted by Crippen LogP contribution is 2.25. The molecule has 6 heteroatoms. The van der Waals surface area contributed by atoms with E-state index in [1.807, 2.05) is 41.6 Å². The summed E-state index contributed by atoms with van der Waals surface area (Å²) >= 11 is 1.67. The summed E-state index contributed by atoms with van der Waals surface area (Å²) in [7, 11) is 1.82. The largest absolute Gasteiger partial charge is 0.338 e. The van der Waals surface area contributed by atoms with E-state index in [2.05, 4.69) is 4.98 Å². The Balaban J connectivity index is 1.53. The van der Waals surface area contributed by atoms with Crippen molar-refractivity contribution in [2.45, 2.75) is 12.8 Å². The molecule has 1 fully saturated rings. The van der Waals surface area contributed by atoms with E-state index in [9.17, 15) is 9.59 Å². The first kappa shape index (κ1) is 16.0. The van der Waals surface area contributed by atoms with Crippen LogP contribution >= 0.6 is 11.3 Å². The Hall–Kier alpha value is -2.47. The summed E-state index contributed by atoms with van der Waals surface area (Å²) in [5.74, 6) is 0.325. The number of hydrogen-bond acceptors (Lipinski definition) is 4. The summed E-state index contributed by atoms with van der Waals surface area (Å²) in [4.78, 5) is 31.6. The molecule has 1 aromatic carbocycles. The van der Waals surface area contributed by atoms with Crippen molar-refractivity contribution in [2.24, 2.45) is 13.0 Å². The number of likely N-dealkylation sites (tertiary alicyclic amines) is 1. The van der Waals surface area contributed by atoms with E-state index in [4.69, 9.17) is 0 Å². The van der Waals surface area contributed by atoms with E-state index in [-0.39, 0.29) is 17.6 Å². The molecule has 4 rings (SSSR count). The fourth-order valence-corrected chi connectivity index (χ4v) is 4.21. The fraction of sp³-hybridized carbons (Fsp3) is 0.316. The van der Waals surface area contributed by atoms with Crippen LogP contribution in [0.2, 0.25) is 0 Å². The van der Waals surface area contributed by atoms with Gasteiger partial charge in [0, 0.05) is 48.7 Å². The van der Waals surface area contributed by atoms with Crippen LogP contribution in [0.1, 0.15) is 33.8 Å². The van der Waals surface area contributed by atoms with Gasteiger partial charge in [-0.25, -0.2) is 4.98 Å². The average Bonchev–Trinajstić information content (AvgIpc) is 3.28. The van der Waals surface area contributed by atoms with Gasteiger partial charge in [-0.1, -0.05) is 0 Å². The maximum atomic E-state index is 12.9. The number of rotatable bonds is 3. The van der Waals surface area contributed by atoms with Crippen molar-refractivity contribution in [1.29, 1.82) is 0 Å². The molecule has 1 atom stereocenters. The lowest BCUT2D eigenvalue weighted by atomic mass is 9.92. The zero-order valence-corrected chi connectivity index (χ0v) is 14.8. The molecule has 1 unspecified atom stereocenters. The fourth-order valence-electron chi connectivity index (χ4n) is 3.44. The molecule has 1 aliphatic heterocycles. The quantitative estimate of drug-likeness (QED) is 0.679. The second kappa shape index (κ2) is 6.44. The van der Waals surface area contributed by atoms with Crippen LogP contribution in [-0.2, 0) is 7.05 Å². The number of hydrogen-bond donors (Lipinski definition) is 0. The summed E-state index contributed by atoms with van der Waals surface area (Å²) in [6.07, 6.45) is 5.05. The molecule has 0 spiro atoms. The molecular weight excluding hydrogens is 334 g/mol. The summed E-state index contributed by atoms with van der Waals surface area (Å²) in [5, 5.41) is 3.12. The Morgan fingerprint density at radius 2 is 2.16 bits per heavy atom. The Kier molecular flexibility index (Phi) is 4.13.